The van der Waals surface area contributed by atoms with Crippen molar-refractivity contribution in [3.8, 4) is 0 Å². The van der Waals surface area contributed by atoms with Crippen LogP contribution in [0.1, 0.15) is 24.5 Å². The van der Waals surface area contributed by atoms with E-state index in [1.54, 1.807) is 18.2 Å². The van der Waals surface area contributed by atoms with Gasteiger partial charge in [0.25, 0.3) is 0 Å². The molecule has 1 aromatic carbocycles. The van der Waals surface area contributed by atoms with Crippen LogP contribution in [0.15, 0.2) is 24.3 Å². The SMILES string of the molecule is O=C1CCC(NCC(O)c2ccccc2F)CN1. The van der Waals surface area contributed by atoms with Crippen molar-refractivity contribution in [1.29, 1.82) is 0 Å². The van der Waals surface area contributed by atoms with Crippen LogP contribution in [-0.2, 0) is 4.79 Å². The number of piperidine rings is 1. The van der Waals surface area contributed by atoms with Crippen LogP contribution in [0.4, 0.5) is 4.39 Å². The van der Waals surface area contributed by atoms with Gasteiger partial charge in [0.1, 0.15) is 5.82 Å². The van der Waals surface area contributed by atoms with Gasteiger partial charge < -0.3 is 15.7 Å². The fourth-order valence-corrected chi connectivity index (χ4v) is 2.04. The maximum atomic E-state index is 13.4. The lowest BCUT2D eigenvalue weighted by molar-refractivity contribution is -0.122. The Balaban J connectivity index is 1.83. The third kappa shape index (κ3) is 3.27. The number of benzene rings is 1. The minimum atomic E-state index is -0.871. The van der Waals surface area contributed by atoms with Gasteiger partial charge in [-0.25, -0.2) is 4.39 Å². The molecule has 1 aliphatic heterocycles. The van der Waals surface area contributed by atoms with E-state index in [0.29, 0.717) is 18.5 Å². The van der Waals surface area contributed by atoms with Crippen molar-refractivity contribution in [1.82, 2.24) is 10.6 Å². The average molecular weight is 252 g/mol. The second kappa shape index (κ2) is 5.93. The standard InChI is InChI=1S/C13H17FN2O2/c14-11-4-2-1-3-10(11)12(17)8-15-9-5-6-13(18)16-7-9/h1-4,9,12,15,17H,5-8H2,(H,16,18). The number of nitrogens with one attached hydrogen (secondary N) is 2. The molecule has 2 rings (SSSR count). The molecule has 0 saturated carbocycles. The Hall–Kier alpha value is -1.46. The van der Waals surface area contributed by atoms with Crippen molar-refractivity contribution in [2.75, 3.05) is 13.1 Å². The molecule has 0 radical (unpaired) electrons. The van der Waals surface area contributed by atoms with Crippen molar-refractivity contribution in [2.24, 2.45) is 0 Å². The van der Waals surface area contributed by atoms with Gasteiger partial charge >= 0.3 is 0 Å². The first-order valence-electron chi connectivity index (χ1n) is 6.09. The van der Waals surface area contributed by atoms with Crippen molar-refractivity contribution in [2.45, 2.75) is 25.0 Å². The lowest BCUT2D eigenvalue weighted by atomic mass is 10.1. The highest BCUT2D eigenvalue weighted by Gasteiger charge is 2.19. The normalized spacial score (nSPS) is 21.4. The minimum absolute atomic E-state index is 0.0581. The molecule has 1 aliphatic rings. The Kier molecular flexibility index (Phi) is 4.28. The number of aliphatic hydroxyl groups excluding tert-OH is 1. The van der Waals surface area contributed by atoms with Crippen molar-refractivity contribution < 1.29 is 14.3 Å². The Morgan fingerprint density at radius 3 is 2.94 bits per heavy atom. The molecule has 2 unspecified atom stereocenters. The topological polar surface area (TPSA) is 61.4 Å². The predicted octanol–water partition coefficient (Wildman–Crippen LogP) is 0.727. The van der Waals surface area contributed by atoms with E-state index in [9.17, 15) is 14.3 Å². The van der Waals surface area contributed by atoms with Crippen LogP contribution in [0.2, 0.25) is 0 Å². The summed E-state index contributed by atoms with van der Waals surface area (Å²) in [6.45, 7) is 0.838. The van der Waals surface area contributed by atoms with Crippen molar-refractivity contribution in [3.63, 3.8) is 0 Å². The highest BCUT2D eigenvalue weighted by molar-refractivity contribution is 5.76. The molecule has 1 saturated heterocycles. The zero-order valence-electron chi connectivity index (χ0n) is 10.0. The number of hydrogen-bond acceptors (Lipinski definition) is 3. The molecule has 18 heavy (non-hydrogen) atoms. The number of rotatable bonds is 4. The van der Waals surface area contributed by atoms with Gasteiger partial charge in [-0.1, -0.05) is 18.2 Å². The molecule has 0 aromatic heterocycles. The smallest absolute Gasteiger partial charge is 0.220 e. The monoisotopic (exact) mass is 252 g/mol. The molecule has 1 amide bonds. The Morgan fingerprint density at radius 1 is 1.50 bits per heavy atom. The van der Waals surface area contributed by atoms with E-state index >= 15 is 0 Å². The van der Waals surface area contributed by atoms with Gasteiger partial charge in [0.15, 0.2) is 0 Å². The van der Waals surface area contributed by atoms with E-state index in [1.165, 1.54) is 6.07 Å². The first kappa shape index (κ1) is 13.0. The van der Waals surface area contributed by atoms with E-state index in [1.807, 2.05) is 0 Å². The quantitative estimate of drug-likeness (QED) is 0.740. The van der Waals surface area contributed by atoms with Gasteiger partial charge in [-0.2, -0.15) is 0 Å². The van der Waals surface area contributed by atoms with Crippen LogP contribution in [0.5, 0.6) is 0 Å². The molecule has 1 aromatic rings. The first-order valence-corrected chi connectivity index (χ1v) is 6.09. The number of carbonyl (C=O) groups excluding carboxylic acids is 1. The van der Waals surface area contributed by atoms with Gasteiger partial charge in [-0.05, 0) is 12.5 Å². The van der Waals surface area contributed by atoms with Crippen LogP contribution < -0.4 is 10.6 Å². The van der Waals surface area contributed by atoms with Gasteiger partial charge in [-0.15, -0.1) is 0 Å². The summed E-state index contributed by atoms with van der Waals surface area (Å²) in [4.78, 5) is 11.0. The number of aliphatic hydroxyl groups is 1. The molecule has 98 valence electrons. The zero-order chi connectivity index (χ0) is 13.0. The lowest BCUT2D eigenvalue weighted by Gasteiger charge is -2.25. The van der Waals surface area contributed by atoms with Gasteiger partial charge in [0.2, 0.25) is 5.91 Å². The first-order chi connectivity index (χ1) is 8.66. The van der Waals surface area contributed by atoms with Gasteiger partial charge in [0, 0.05) is 31.1 Å². The van der Waals surface area contributed by atoms with E-state index in [-0.39, 0.29) is 18.5 Å². The van der Waals surface area contributed by atoms with Crippen molar-refractivity contribution >= 4 is 5.91 Å². The Bertz CT molecular complexity index is 415. The fourth-order valence-electron chi connectivity index (χ4n) is 2.04. The number of hydrogen-bond donors (Lipinski definition) is 3. The van der Waals surface area contributed by atoms with Crippen molar-refractivity contribution in [3.05, 3.63) is 35.6 Å². The van der Waals surface area contributed by atoms with E-state index in [0.717, 1.165) is 6.42 Å². The van der Waals surface area contributed by atoms with Crippen LogP contribution in [-0.4, -0.2) is 30.1 Å². The predicted molar refractivity (Wildman–Crippen MR) is 65.4 cm³/mol. The van der Waals surface area contributed by atoms with E-state index < -0.39 is 11.9 Å². The maximum Gasteiger partial charge on any atom is 0.220 e. The third-order valence-electron chi connectivity index (χ3n) is 3.13. The Labute approximate surface area is 105 Å². The summed E-state index contributed by atoms with van der Waals surface area (Å²) in [5, 5.41) is 15.8. The third-order valence-corrected chi connectivity index (χ3v) is 3.13. The lowest BCUT2D eigenvalue weighted by Crippen LogP contribution is -2.46. The van der Waals surface area contributed by atoms with E-state index in [2.05, 4.69) is 10.6 Å². The molecule has 0 spiro atoms. The van der Waals surface area contributed by atoms with Crippen LogP contribution in [0.3, 0.4) is 0 Å². The molecule has 5 heteroatoms. The fraction of sp³-hybridized carbons (Fsp3) is 0.462. The average Bonchev–Trinajstić information content (AvgIpc) is 2.38. The molecule has 1 heterocycles. The summed E-state index contributed by atoms with van der Waals surface area (Å²) < 4.78 is 13.4. The van der Waals surface area contributed by atoms with Crippen LogP contribution >= 0.6 is 0 Å². The maximum absolute atomic E-state index is 13.4. The number of carbonyl (C=O) groups is 1. The highest BCUT2D eigenvalue weighted by Crippen LogP contribution is 2.16. The summed E-state index contributed by atoms with van der Waals surface area (Å²) in [6.07, 6.45) is 0.368. The molecular formula is C13H17FN2O2. The summed E-state index contributed by atoms with van der Waals surface area (Å²) in [7, 11) is 0. The summed E-state index contributed by atoms with van der Waals surface area (Å²) in [6, 6.07) is 6.34. The molecule has 4 nitrogen and oxygen atoms in total. The second-order valence-corrected chi connectivity index (χ2v) is 4.49. The van der Waals surface area contributed by atoms with Gasteiger partial charge in [-0.3, -0.25) is 4.79 Å². The minimum Gasteiger partial charge on any atom is -0.387 e. The number of halogens is 1. The number of amides is 1. The second-order valence-electron chi connectivity index (χ2n) is 4.49. The van der Waals surface area contributed by atoms with E-state index in [4.69, 9.17) is 0 Å². The molecular weight excluding hydrogens is 235 g/mol. The summed E-state index contributed by atoms with van der Waals surface area (Å²) in [5.41, 5.74) is 0.296. The molecule has 2 atom stereocenters. The molecule has 0 bridgehead atoms. The highest BCUT2D eigenvalue weighted by atomic mass is 19.1. The molecule has 1 fully saturated rings. The Morgan fingerprint density at radius 2 is 2.28 bits per heavy atom. The van der Waals surface area contributed by atoms with Crippen LogP contribution in [0.25, 0.3) is 0 Å². The molecule has 3 N–H and O–H groups in total. The summed E-state index contributed by atoms with van der Waals surface area (Å²) in [5.74, 6) is -0.341. The largest absolute Gasteiger partial charge is 0.387 e. The molecule has 0 aliphatic carbocycles. The zero-order valence-corrected chi connectivity index (χ0v) is 10.0. The van der Waals surface area contributed by atoms with Crippen LogP contribution in [0, 0.1) is 5.82 Å². The van der Waals surface area contributed by atoms with Gasteiger partial charge in [0.05, 0.1) is 6.10 Å². The summed E-state index contributed by atoms with van der Waals surface area (Å²) >= 11 is 0.